The Balaban J connectivity index is 1.84. The van der Waals surface area contributed by atoms with Crippen molar-refractivity contribution in [3.8, 4) is 0 Å². The molecule has 0 spiro atoms. The highest BCUT2D eigenvalue weighted by molar-refractivity contribution is 4.89. The zero-order valence-corrected chi connectivity index (χ0v) is 12.5. The third-order valence-electron chi connectivity index (χ3n) is 4.44. The van der Waals surface area contributed by atoms with Crippen molar-refractivity contribution >= 4 is 0 Å². The Labute approximate surface area is 113 Å². The van der Waals surface area contributed by atoms with Crippen molar-refractivity contribution in [3.63, 3.8) is 0 Å². The molecule has 0 amide bonds. The van der Waals surface area contributed by atoms with Crippen molar-refractivity contribution in [1.29, 1.82) is 0 Å². The van der Waals surface area contributed by atoms with Crippen molar-refractivity contribution in [2.75, 3.05) is 39.3 Å². The molecule has 3 nitrogen and oxygen atoms in total. The molecule has 0 aliphatic carbocycles. The van der Waals surface area contributed by atoms with E-state index in [-0.39, 0.29) is 5.54 Å². The van der Waals surface area contributed by atoms with Crippen LogP contribution in [-0.2, 0) is 0 Å². The molecular weight excluding hydrogens is 222 g/mol. The summed E-state index contributed by atoms with van der Waals surface area (Å²) in [7, 11) is 0. The van der Waals surface area contributed by atoms with Crippen molar-refractivity contribution in [1.82, 2.24) is 15.1 Å². The zero-order chi connectivity index (χ0) is 13.0. The molecule has 2 aliphatic rings. The van der Waals surface area contributed by atoms with E-state index in [1.165, 1.54) is 65.0 Å². The lowest BCUT2D eigenvalue weighted by atomic mass is 9.99. The fourth-order valence-corrected chi connectivity index (χ4v) is 3.49. The van der Waals surface area contributed by atoms with Crippen LogP contribution in [0.4, 0.5) is 0 Å². The van der Waals surface area contributed by atoms with Crippen LogP contribution in [0, 0.1) is 0 Å². The SMILES string of the molecule is CCCN1CCC(N2CCCNC(C)(C)C2)CC1. The van der Waals surface area contributed by atoms with E-state index in [0.29, 0.717) is 0 Å². The van der Waals surface area contributed by atoms with Crippen LogP contribution in [0.3, 0.4) is 0 Å². The molecule has 0 aromatic carbocycles. The second kappa shape index (κ2) is 6.36. The maximum atomic E-state index is 3.67. The largest absolute Gasteiger partial charge is 0.310 e. The predicted octanol–water partition coefficient (Wildman–Crippen LogP) is 1.93. The third kappa shape index (κ3) is 3.94. The minimum atomic E-state index is 0.289. The Morgan fingerprint density at radius 3 is 2.56 bits per heavy atom. The Morgan fingerprint density at radius 1 is 1.17 bits per heavy atom. The number of nitrogens with zero attached hydrogens (tertiary/aromatic N) is 2. The molecule has 2 heterocycles. The van der Waals surface area contributed by atoms with Gasteiger partial charge < -0.3 is 10.2 Å². The van der Waals surface area contributed by atoms with E-state index in [4.69, 9.17) is 0 Å². The summed E-state index contributed by atoms with van der Waals surface area (Å²) in [5, 5.41) is 3.67. The lowest BCUT2D eigenvalue weighted by Crippen LogP contribution is -2.51. The highest BCUT2D eigenvalue weighted by Crippen LogP contribution is 2.21. The standard InChI is InChI=1S/C15H31N3/c1-4-9-17-11-6-14(7-12-17)18-10-5-8-16-15(2,3)13-18/h14,16H,4-13H2,1-3H3. The van der Waals surface area contributed by atoms with Gasteiger partial charge in [-0.2, -0.15) is 0 Å². The van der Waals surface area contributed by atoms with Crippen LogP contribution in [0.5, 0.6) is 0 Å². The van der Waals surface area contributed by atoms with Crippen molar-refractivity contribution in [3.05, 3.63) is 0 Å². The molecule has 0 saturated carbocycles. The van der Waals surface area contributed by atoms with E-state index >= 15 is 0 Å². The summed E-state index contributed by atoms with van der Waals surface area (Å²) in [6.07, 6.45) is 5.34. The number of likely N-dealkylation sites (tertiary alicyclic amines) is 1. The fourth-order valence-electron chi connectivity index (χ4n) is 3.49. The summed E-state index contributed by atoms with van der Waals surface area (Å²) < 4.78 is 0. The zero-order valence-electron chi connectivity index (χ0n) is 12.5. The Hall–Kier alpha value is -0.120. The third-order valence-corrected chi connectivity index (χ3v) is 4.44. The maximum Gasteiger partial charge on any atom is 0.0252 e. The van der Waals surface area contributed by atoms with Crippen LogP contribution in [0.15, 0.2) is 0 Å². The van der Waals surface area contributed by atoms with Gasteiger partial charge in [0.25, 0.3) is 0 Å². The number of piperidine rings is 1. The van der Waals surface area contributed by atoms with Gasteiger partial charge >= 0.3 is 0 Å². The lowest BCUT2D eigenvalue weighted by molar-refractivity contribution is 0.0969. The van der Waals surface area contributed by atoms with Gasteiger partial charge in [0.2, 0.25) is 0 Å². The van der Waals surface area contributed by atoms with Crippen LogP contribution in [-0.4, -0.2) is 60.6 Å². The van der Waals surface area contributed by atoms with E-state index in [1.807, 2.05) is 0 Å². The summed E-state index contributed by atoms with van der Waals surface area (Å²) in [6.45, 7) is 14.6. The molecule has 0 aromatic rings. The van der Waals surface area contributed by atoms with Crippen molar-refractivity contribution in [2.24, 2.45) is 0 Å². The van der Waals surface area contributed by atoms with E-state index in [0.717, 1.165) is 6.04 Å². The Bertz CT molecular complexity index is 244. The first kappa shape index (κ1) is 14.3. The first-order valence-electron chi connectivity index (χ1n) is 7.82. The molecule has 2 fully saturated rings. The molecule has 0 atom stereocenters. The number of rotatable bonds is 3. The Kier molecular flexibility index (Phi) is 5.05. The molecular formula is C15H31N3. The molecule has 0 unspecified atom stereocenters. The molecule has 0 aromatic heterocycles. The van der Waals surface area contributed by atoms with Crippen LogP contribution < -0.4 is 5.32 Å². The van der Waals surface area contributed by atoms with Crippen LogP contribution >= 0.6 is 0 Å². The highest BCUT2D eigenvalue weighted by Gasteiger charge is 2.30. The summed E-state index contributed by atoms with van der Waals surface area (Å²) >= 11 is 0. The minimum absolute atomic E-state index is 0.289. The van der Waals surface area contributed by atoms with Gasteiger partial charge in [-0.1, -0.05) is 6.92 Å². The van der Waals surface area contributed by atoms with E-state index < -0.39 is 0 Å². The van der Waals surface area contributed by atoms with Crippen LogP contribution in [0.2, 0.25) is 0 Å². The topological polar surface area (TPSA) is 18.5 Å². The van der Waals surface area contributed by atoms with E-state index in [1.54, 1.807) is 0 Å². The van der Waals surface area contributed by atoms with Gasteiger partial charge in [-0.05, 0) is 72.3 Å². The highest BCUT2D eigenvalue weighted by atomic mass is 15.2. The van der Waals surface area contributed by atoms with Crippen LogP contribution in [0.1, 0.15) is 46.5 Å². The lowest BCUT2D eigenvalue weighted by Gasteiger charge is -2.40. The maximum absolute atomic E-state index is 3.67. The quantitative estimate of drug-likeness (QED) is 0.829. The smallest absolute Gasteiger partial charge is 0.0252 e. The van der Waals surface area contributed by atoms with Gasteiger partial charge in [0.1, 0.15) is 0 Å². The molecule has 2 aliphatic heterocycles. The molecule has 0 radical (unpaired) electrons. The molecule has 18 heavy (non-hydrogen) atoms. The van der Waals surface area contributed by atoms with Gasteiger partial charge in [-0.3, -0.25) is 4.90 Å². The van der Waals surface area contributed by atoms with Crippen molar-refractivity contribution < 1.29 is 0 Å². The van der Waals surface area contributed by atoms with Gasteiger partial charge in [0.15, 0.2) is 0 Å². The van der Waals surface area contributed by atoms with Crippen molar-refractivity contribution in [2.45, 2.75) is 58.0 Å². The fraction of sp³-hybridized carbons (Fsp3) is 1.00. The van der Waals surface area contributed by atoms with Gasteiger partial charge in [0.05, 0.1) is 0 Å². The summed E-state index contributed by atoms with van der Waals surface area (Å²) in [5.41, 5.74) is 0.289. The normalized spacial score (nSPS) is 28.2. The second-order valence-corrected chi connectivity index (χ2v) is 6.71. The van der Waals surface area contributed by atoms with Gasteiger partial charge in [0, 0.05) is 18.1 Å². The minimum Gasteiger partial charge on any atom is -0.310 e. The predicted molar refractivity (Wildman–Crippen MR) is 78.0 cm³/mol. The van der Waals surface area contributed by atoms with E-state index in [2.05, 4.69) is 35.9 Å². The average molecular weight is 253 g/mol. The summed E-state index contributed by atoms with van der Waals surface area (Å²) in [5.74, 6) is 0. The number of hydrogen-bond donors (Lipinski definition) is 1. The second-order valence-electron chi connectivity index (χ2n) is 6.71. The first-order valence-corrected chi connectivity index (χ1v) is 7.82. The van der Waals surface area contributed by atoms with E-state index in [9.17, 15) is 0 Å². The molecule has 2 saturated heterocycles. The van der Waals surface area contributed by atoms with Gasteiger partial charge in [-0.15, -0.1) is 0 Å². The molecule has 0 bridgehead atoms. The van der Waals surface area contributed by atoms with Gasteiger partial charge in [-0.25, -0.2) is 0 Å². The molecule has 1 N–H and O–H groups in total. The molecule has 3 heteroatoms. The number of nitrogens with one attached hydrogen (secondary N) is 1. The molecule has 2 rings (SSSR count). The monoisotopic (exact) mass is 253 g/mol. The first-order chi connectivity index (χ1) is 8.61. The average Bonchev–Trinajstić information content (AvgIpc) is 2.52. The number of hydrogen-bond acceptors (Lipinski definition) is 3. The molecule has 106 valence electrons. The summed E-state index contributed by atoms with van der Waals surface area (Å²) in [4.78, 5) is 5.39. The Morgan fingerprint density at radius 2 is 1.89 bits per heavy atom. The van der Waals surface area contributed by atoms with Crippen LogP contribution in [0.25, 0.3) is 0 Å². The summed E-state index contributed by atoms with van der Waals surface area (Å²) in [6, 6.07) is 0.831.